The Morgan fingerprint density at radius 2 is 2.03 bits per heavy atom. The van der Waals surface area contributed by atoms with Crippen molar-refractivity contribution in [2.45, 2.75) is 37.5 Å². The highest BCUT2D eigenvalue weighted by atomic mass is 32.2. The van der Waals surface area contributed by atoms with Crippen LogP contribution in [-0.2, 0) is 21.2 Å². The van der Waals surface area contributed by atoms with E-state index in [1.165, 1.54) is 7.05 Å². The molecular weight excluding hydrogens is 390 g/mol. The number of fused-ring (bicyclic) bond motifs is 1. The summed E-state index contributed by atoms with van der Waals surface area (Å²) in [5.74, 6) is 0.301. The summed E-state index contributed by atoms with van der Waals surface area (Å²) >= 11 is 0. The highest BCUT2D eigenvalue weighted by Gasteiger charge is 2.30. The summed E-state index contributed by atoms with van der Waals surface area (Å²) in [5.41, 5.74) is 3.27. The van der Waals surface area contributed by atoms with Crippen LogP contribution in [0.3, 0.4) is 0 Å². The van der Waals surface area contributed by atoms with E-state index < -0.39 is 10.0 Å². The van der Waals surface area contributed by atoms with Crippen LogP contribution in [0.4, 0.5) is 5.95 Å². The average molecular weight is 414 g/mol. The number of hydrogen-bond acceptors (Lipinski definition) is 5. The van der Waals surface area contributed by atoms with Crippen LogP contribution in [0, 0.1) is 5.92 Å². The lowest BCUT2D eigenvalue weighted by Gasteiger charge is -2.12. The number of hydrogen-bond donors (Lipinski definition) is 2. The molecule has 1 aromatic carbocycles. The highest BCUT2D eigenvalue weighted by Crippen LogP contribution is 2.32. The molecule has 1 amide bonds. The topological polar surface area (TPSA) is 105 Å². The molecule has 8 nitrogen and oxygen atoms in total. The van der Waals surface area contributed by atoms with Crippen molar-refractivity contribution in [3.05, 3.63) is 42.1 Å². The number of nitrogens with one attached hydrogen (secondary N) is 2. The number of pyridine rings is 1. The van der Waals surface area contributed by atoms with Crippen LogP contribution in [0.15, 0.2) is 41.4 Å². The maximum atomic E-state index is 12.2. The van der Waals surface area contributed by atoms with E-state index in [1.807, 2.05) is 25.1 Å². The third-order valence-electron chi connectivity index (χ3n) is 5.01. The maximum absolute atomic E-state index is 12.2. The molecule has 0 saturated heterocycles. The third kappa shape index (κ3) is 3.88. The molecule has 3 aromatic rings. The Morgan fingerprint density at radius 3 is 2.72 bits per heavy atom. The SMILES string of the molecule is CCCc1cc(S(=O)(=O)NC)ccc1-c1cccn2nc(NC(=O)C3CC3)nc12. The molecule has 2 heterocycles. The van der Waals surface area contributed by atoms with Gasteiger partial charge in [0, 0.05) is 17.7 Å². The van der Waals surface area contributed by atoms with Gasteiger partial charge in [-0.1, -0.05) is 19.4 Å². The Morgan fingerprint density at radius 1 is 1.24 bits per heavy atom. The Balaban J connectivity index is 1.78. The predicted molar refractivity (Wildman–Crippen MR) is 110 cm³/mol. The van der Waals surface area contributed by atoms with Gasteiger partial charge in [-0.2, -0.15) is 4.98 Å². The van der Waals surface area contributed by atoms with Crippen molar-refractivity contribution in [2.24, 2.45) is 5.92 Å². The fraction of sp³-hybridized carbons (Fsp3) is 0.350. The summed E-state index contributed by atoms with van der Waals surface area (Å²) in [5, 5.41) is 7.14. The Bertz CT molecular complexity index is 1180. The number of benzene rings is 1. The van der Waals surface area contributed by atoms with E-state index in [0.29, 0.717) is 5.65 Å². The second-order valence-electron chi connectivity index (χ2n) is 7.17. The van der Waals surface area contributed by atoms with Gasteiger partial charge in [0.05, 0.1) is 4.90 Å². The lowest BCUT2D eigenvalue weighted by Crippen LogP contribution is -2.18. The van der Waals surface area contributed by atoms with Crippen molar-refractivity contribution in [2.75, 3.05) is 12.4 Å². The van der Waals surface area contributed by atoms with Gasteiger partial charge in [0.2, 0.25) is 21.9 Å². The van der Waals surface area contributed by atoms with Crippen molar-refractivity contribution in [3.63, 3.8) is 0 Å². The summed E-state index contributed by atoms with van der Waals surface area (Å²) in [7, 11) is -2.12. The molecule has 152 valence electrons. The zero-order chi connectivity index (χ0) is 20.6. The number of anilines is 1. The quantitative estimate of drug-likeness (QED) is 0.619. The molecule has 2 aromatic heterocycles. The van der Waals surface area contributed by atoms with Gasteiger partial charge in [-0.05, 0) is 61.7 Å². The number of nitrogens with zero attached hydrogens (tertiary/aromatic N) is 3. The van der Waals surface area contributed by atoms with Gasteiger partial charge in [-0.3, -0.25) is 10.1 Å². The van der Waals surface area contributed by atoms with E-state index in [4.69, 9.17) is 0 Å². The Labute approximate surface area is 169 Å². The molecule has 0 unspecified atom stereocenters. The number of carbonyl (C=O) groups excluding carboxylic acids is 1. The molecule has 0 aliphatic heterocycles. The molecule has 29 heavy (non-hydrogen) atoms. The molecule has 1 aliphatic rings. The lowest BCUT2D eigenvalue weighted by molar-refractivity contribution is -0.117. The van der Waals surface area contributed by atoms with Crippen LogP contribution in [-0.4, -0.2) is 36.0 Å². The predicted octanol–water partition coefficient (Wildman–Crippen LogP) is 2.61. The number of sulfonamides is 1. The van der Waals surface area contributed by atoms with Crippen LogP contribution in [0.1, 0.15) is 31.7 Å². The van der Waals surface area contributed by atoms with Crippen molar-refractivity contribution >= 4 is 27.5 Å². The number of rotatable bonds is 7. The fourth-order valence-corrected chi connectivity index (χ4v) is 4.10. The molecule has 0 bridgehead atoms. The monoisotopic (exact) mass is 413 g/mol. The molecule has 1 saturated carbocycles. The van der Waals surface area contributed by atoms with Gasteiger partial charge in [0.25, 0.3) is 0 Å². The maximum Gasteiger partial charge on any atom is 0.249 e. The third-order valence-corrected chi connectivity index (χ3v) is 6.42. The number of carbonyl (C=O) groups is 1. The van der Waals surface area contributed by atoms with Gasteiger partial charge in [-0.15, -0.1) is 5.10 Å². The molecular formula is C20H23N5O3S. The molecule has 1 aliphatic carbocycles. The number of aryl methyl sites for hydroxylation is 1. The second kappa shape index (κ2) is 7.57. The van der Waals surface area contributed by atoms with E-state index in [9.17, 15) is 13.2 Å². The number of amides is 1. The Hall–Kier alpha value is -2.78. The molecule has 0 atom stereocenters. The molecule has 9 heteroatoms. The highest BCUT2D eigenvalue weighted by molar-refractivity contribution is 7.89. The average Bonchev–Trinajstić information content (AvgIpc) is 3.48. The van der Waals surface area contributed by atoms with E-state index in [-0.39, 0.29) is 22.7 Å². The van der Waals surface area contributed by atoms with Gasteiger partial charge in [-0.25, -0.2) is 17.7 Å². The van der Waals surface area contributed by atoms with E-state index >= 15 is 0 Å². The first-order valence-corrected chi connectivity index (χ1v) is 11.1. The van der Waals surface area contributed by atoms with E-state index in [2.05, 4.69) is 20.1 Å². The molecule has 4 rings (SSSR count). The van der Waals surface area contributed by atoms with Crippen molar-refractivity contribution < 1.29 is 13.2 Å². The minimum Gasteiger partial charge on any atom is -0.293 e. The fourth-order valence-electron chi connectivity index (χ4n) is 3.32. The van der Waals surface area contributed by atoms with Gasteiger partial charge in [0.15, 0.2) is 5.65 Å². The van der Waals surface area contributed by atoms with Crippen LogP contribution in [0.5, 0.6) is 0 Å². The summed E-state index contributed by atoms with van der Waals surface area (Å²) in [6.07, 6.45) is 5.19. The Kier molecular flexibility index (Phi) is 5.10. The minimum atomic E-state index is -3.52. The van der Waals surface area contributed by atoms with Crippen LogP contribution >= 0.6 is 0 Å². The smallest absolute Gasteiger partial charge is 0.249 e. The molecule has 2 N–H and O–H groups in total. The standard InChI is InChI=1S/C20H23N5O3S/c1-3-5-14-12-15(29(27,28)21-2)9-10-16(14)17-6-4-11-25-18(17)22-20(24-25)23-19(26)13-7-8-13/h4,6,9-13,21H,3,5,7-8H2,1-2H3,(H,23,24,26). The minimum absolute atomic E-state index is 0.0456. The summed E-state index contributed by atoms with van der Waals surface area (Å²) in [6, 6.07) is 8.90. The van der Waals surface area contributed by atoms with Gasteiger partial charge < -0.3 is 0 Å². The largest absolute Gasteiger partial charge is 0.293 e. The molecule has 0 spiro atoms. The van der Waals surface area contributed by atoms with Crippen LogP contribution in [0.25, 0.3) is 16.8 Å². The van der Waals surface area contributed by atoms with Crippen molar-refractivity contribution in [3.8, 4) is 11.1 Å². The molecule has 0 radical (unpaired) electrons. The summed E-state index contributed by atoms with van der Waals surface area (Å²) in [4.78, 5) is 16.8. The molecule has 1 fully saturated rings. The van der Waals surface area contributed by atoms with Crippen molar-refractivity contribution in [1.82, 2.24) is 19.3 Å². The zero-order valence-electron chi connectivity index (χ0n) is 16.3. The zero-order valence-corrected chi connectivity index (χ0v) is 17.2. The van der Waals surface area contributed by atoms with Gasteiger partial charge >= 0.3 is 0 Å². The van der Waals surface area contributed by atoms with Gasteiger partial charge in [0.1, 0.15) is 0 Å². The lowest BCUT2D eigenvalue weighted by atomic mass is 9.97. The number of aromatic nitrogens is 3. The van der Waals surface area contributed by atoms with Crippen molar-refractivity contribution in [1.29, 1.82) is 0 Å². The first kappa shape index (κ1) is 19.5. The van der Waals surface area contributed by atoms with E-state index in [0.717, 1.165) is 42.4 Å². The van der Waals surface area contributed by atoms with Crippen LogP contribution < -0.4 is 10.0 Å². The first-order valence-electron chi connectivity index (χ1n) is 9.66. The summed E-state index contributed by atoms with van der Waals surface area (Å²) in [6.45, 7) is 2.05. The second-order valence-corrected chi connectivity index (χ2v) is 9.05. The summed E-state index contributed by atoms with van der Waals surface area (Å²) < 4.78 is 28.4. The normalized spacial score (nSPS) is 14.3. The van der Waals surface area contributed by atoms with Crippen LogP contribution in [0.2, 0.25) is 0 Å². The first-order chi connectivity index (χ1) is 13.9. The van der Waals surface area contributed by atoms with E-state index in [1.54, 1.807) is 22.8 Å².